The Labute approximate surface area is 96.2 Å². The van der Waals surface area contributed by atoms with Crippen molar-refractivity contribution in [2.75, 3.05) is 18.8 Å². The molecule has 0 aromatic carbocycles. The number of amidine groups is 1. The number of rotatable bonds is 4. The molecule has 7 heteroatoms. The van der Waals surface area contributed by atoms with Gasteiger partial charge in [0.25, 0.3) is 0 Å². The van der Waals surface area contributed by atoms with Gasteiger partial charge in [0.2, 0.25) is 10.0 Å². The largest absolute Gasteiger partial charge is 0.409 e. The van der Waals surface area contributed by atoms with Crippen LogP contribution in [0.25, 0.3) is 0 Å². The molecule has 0 amide bonds. The van der Waals surface area contributed by atoms with Gasteiger partial charge < -0.3 is 10.9 Å². The molecular weight excluding hydrogens is 230 g/mol. The smallest absolute Gasteiger partial charge is 0.214 e. The third-order valence-electron chi connectivity index (χ3n) is 2.84. The lowest BCUT2D eigenvalue weighted by atomic mass is 9.97. The molecule has 0 saturated carbocycles. The third-order valence-corrected chi connectivity index (χ3v) is 4.92. The minimum atomic E-state index is -3.10. The zero-order valence-electron chi connectivity index (χ0n) is 9.46. The van der Waals surface area contributed by atoms with Crippen LogP contribution in [-0.2, 0) is 10.0 Å². The average molecular weight is 249 g/mol. The summed E-state index contributed by atoms with van der Waals surface area (Å²) in [5.74, 6) is 0.395. The van der Waals surface area contributed by atoms with Crippen molar-refractivity contribution in [3.63, 3.8) is 0 Å². The fourth-order valence-electron chi connectivity index (χ4n) is 1.90. The van der Waals surface area contributed by atoms with Gasteiger partial charge in [-0.2, -0.15) is 0 Å². The van der Waals surface area contributed by atoms with Crippen LogP contribution in [-0.4, -0.2) is 42.6 Å². The van der Waals surface area contributed by atoms with Crippen LogP contribution in [0.5, 0.6) is 0 Å². The molecule has 0 radical (unpaired) electrons. The summed E-state index contributed by atoms with van der Waals surface area (Å²) in [6.45, 7) is 2.77. The van der Waals surface area contributed by atoms with E-state index in [4.69, 9.17) is 10.9 Å². The monoisotopic (exact) mass is 249 g/mol. The lowest BCUT2D eigenvalue weighted by Crippen LogP contribution is -2.42. The normalized spacial score (nSPS) is 21.2. The molecule has 0 aromatic heterocycles. The predicted octanol–water partition coefficient (Wildman–Crippen LogP) is 0.185. The second kappa shape index (κ2) is 5.49. The summed E-state index contributed by atoms with van der Waals surface area (Å²) < 4.78 is 25.0. The van der Waals surface area contributed by atoms with Gasteiger partial charge in [0.05, 0.1) is 5.75 Å². The summed E-state index contributed by atoms with van der Waals surface area (Å²) in [7, 11) is -3.10. The van der Waals surface area contributed by atoms with Gasteiger partial charge in [0, 0.05) is 19.0 Å². The van der Waals surface area contributed by atoms with Gasteiger partial charge in [-0.05, 0) is 19.3 Å². The topological polar surface area (TPSA) is 96.0 Å². The minimum absolute atomic E-state index is 0.00178. The van der Waals surface area contributed by atoms with E-state index in [0.717, 1.165) is 0 Å². The van der Waals surface area contributed by atoms with E-state index >= 15 is 0 Å². The van der Waals surface area contributed by atoms with Gasteiger partial charge in [0.15, 0.2) is 0 Å². The molecule has 6 nitrogen and oxygen atoms in total. The maximum atomic E-state index is 11.7. The van der Waals surface area contributed by atoms with E-state index in [1.807, 2.05) is 6.92 Å². The van der Waals surface area contributed by atoms with Crippen molar-refractivity contribution in [3.05, 3.63) is 0 Å². The maximum Gasteiger partial charge on any atom is 0.214 e. The van der Waals surface area contributed by atoms with Crippen molar-refractivity contribution in [2.24, 2.45) is 16.8 Å². The molecular formula is C9H19N3O3S. The van der Waals surface area contributed by atoms with Crippen molar-refractivity contribution < 1.29 is 13.6 Å². The van der Waals surface area contributed by atoms with E-state index < -0.39 is 10.0 Å². The minimum Gasteiger partial charge on any atom is -0.409 e. The van der Waals surface area contributed by atoms with E-state index in [9.17, 15) is 8.42 Å². The highest BCUT2D eigenvalue weighted by atomic mass is 32.2. The Hall–Kier alpha value is -0.820. The Morgan fingerprint density at radius 1 is 1.50 bits per heavy atom. The highest BCUT2D eigenvalue weighted by molar-refractivity contribution is 7.89. The van der Waals surface area contributed by atoms with Gasteiger partial charge in [-0.1, -0.05) is 12.1 Å². The quantitative estimate of drug-likeness (QED) is 0.321. The summed E-state index contributed by atoms with van der Waals surface area (Å²) >= 11 is 0. The fraction of sp³-hybridized carbons (Fsp3) is 0.889. The molecule has 3 N–H and O–H groups in total. The van der Waals surface area contributed by atoms with E-state index in [2.05, 4.69) is 5.16 Å². The molecule has 94 valence electrons. The molecule has 0 atom stereocenters. The highest BCUT2D eigenvalue weighted by Crippen LogP contribution is 2.20. The van der Waals surface area contributed by atoms with Crippen LogP contribution >= 0.6 is 0 Å². The van der Waals surface area contributed by atoms with Gasteiger partial charge >= 0.3 is 0 Å². The lowest BCUT2D eigenvalue weighted by Gasteiger charge is -2.30. The molecule has 0 spiro atoms. The Morgan fingerprint density at radius 2 is 2.06 bits per heavy atom. The maximum absolute atomic E-state index is 11.7. The predicted molar refractivity (Wildman–Crippen MR) is 61.8 cm³/mol. The first kappa shape index (κ1) is 13.2. The summed E-state index contributed by atoms with van der Waals surface area (Å²) in [4.78, 5) is 0. The molecule has 1 aliphatic rings. The Bertz CT molecular complexity index is 345. The molecule has 0 unspecified atom stereocenters. The average Bonchev–Trinajstić information content (AvgIpc) is 2.28. The first-order valence-corrected chi connectivity index (χ1v) is 7.07. The Balaban J connectivity index is 2.55. The third kappa shape index (κ3) is 3.08. The Morgan fingerprint density at radius 3 is 2.50 bits per heavy atom. The van der Waals surface area contributed by atoms with Crippen molar-refractivity contribution in [1.29, 1.82) is 0 Å². The fourth-order valence-corrected chi connectivity index (χ4v) is 3.44. The number of hydrogen-bond acceptors (Lipinski definition) is 4. The molecule has 0 aliphatic carbocycles. The molecule has 0 aromatic rings. The van der Waals surface area contributed by atoms with Crippen LogP contribution in [0.2, 0.25) is 0 Å². The van der Waals surface area contributed by atoms with Crippen LogP contribution in [0, 0.1) is 5.92 Å². The molecule has 1 aliphatic heterocycles. The van der Waals surface area contributed by atoms with E-state index in [0.29, 0.717) is 32.4 Å². The molecule has 1 fully saturated rings. The second-order valence-corrected chi connectivity index (χ2v) is 6.10. The summed E-state index contributed by atoms with van der Waals surface area (Å²) in [6.07, 6.45) is 1.88. The van der Waals surface area contributed by atoms with Gasteiger partial charge in [-0.3, -0.25) is 0 Å². The highest BCUT2D eigenvalue weighted by Gasteiger charge is 2.28. The first-order valence-electron chi connectivity index (χ1n) is 5.46. The summed E-state index contributed by atoms with van der Waals surface area (Å²) in [5.41, 5.74) is 5.49. The summed E-state index contributed by atoms with van der Waals surface area (Å²) in [6, 6.07) is 0. The molecule has 1 heterocycles. The molecule has 1 rings (SSSR count). The van der Waals surface area contributed by atoms with E-state index in [-0.39, 0.29) is 17.5 Å². The van der Waals surface area contributed by atoms with Crippen LogP contribution in [0.1, 0.15) is 26.2 Å². The Kier molecular flexibility index (Phi) is 4.55. The number of sulfonamides is 1. The van der Waals surface area contributed by atoms with Crippen molar-refractivity contribution in [2.45, 2.75) is 26.2 Å². The molecule has 16 heavy (non-hydrogen) atoms. The lowest BCUT2D eigenvalue weighted by molar-refractivity contribution is 0.291. The van der Waals surface area contributed by atoms with Crippen molar-refractivity contribution in [3.8, 4) is 0 Å². The van der Waals surface area contributed by atoms with Gasteiger partial charge in [-0.15, -0.1) is 0 Å². The number of oxime groups is 1. The van der Waals surface area contributed by atoms with Crippen LogP contribution in [0.3, 0.4) is 0 Å². The molecule has 1 saturated heterocycles. The molecule has 0 bridgehead atoms. The zero-order valence-corrected chi connectivity index (χ0v) is 10.3. The zero-order chi connectivity index (χ0) is 12.2. The number of nitrogens with two attached hydrogens (primary N) is 1. The van der Waals surface area contributed by atoms with E-state index in [1.54, 1.807) is 0 Å². The van der Waals surface area contributed by atoms with Crippen LogP contribution < -0.4 is 5.73 Å². The van der Waals surface area contributed by atoms with Crippen LogP contribution in [0.4, 0.5) is 0 Å². The number of nitrogens with zero attached hydrogens (tertiary/aromatic N) is 2. The second-order valence-electron chi connectivity index (χ2n) is 4.01. The van der Waals surface area contributed by atoms with Crippen LogP contribution in [0.15, 0.2) is 5.16 Å². The van der Waals surface area contributed by atoms with Gasteiger partial charge in [0.1, 0.15) is 5.84 Å². The number of piperidine rings is 1. The SMILES string of the molecule is CCCS(=O)(=O)N1CCC(C(N)=NO)CC1. The first-order chi connectivity index (χ1) is 7.51. The van der Waals surface area contributed by atoms with Crippen molar-refractivity contribution >= 4 is 15.9 Å². The van der Waals surface area contributed by atoms with Gasteiger partial charge in [-0.25, -0.2) is 12.7 Å². The number of hydrogen-bond donors (Lipinski definition) is 2. The summed E-state index contributed by atoms with van der Waals surface area (Å²) in [5, 5.41) is 11.5. The van der Waals surface area contributed by atoms with E-state index in [1.165, 1.54) is 4.31 Å². The standard InChI is InChI=1S/C9H19N3O3S/c1-2-7-16(14,15)12-5-3-8(4-6-12)9(10)11-13/h8,13H,2-7H2,1H3,(H2,10,11). The van der Waals surface area contributed by atoms with Crippen molar-refractivity contribution in [1.82, 2.24) is 4.31 Å².